The third kappa shape index (κ3) is 3.35. The number of hydrogen-bond donors (Lipinski definition) is 0. The lowest BCUT2D eigenvalue weighted by molar-refractivity contribution is -0.155. The van der Waals surface area contributed by atoms with E-state index in [4.69, 9.17) is 9.47 Å². The zero-order valence-corrected chi connectivity index (χ0v) is 23.0. The standard InChI is InChI=1S/C30H40O6/c1-10-16(2)19-11-14-29(8)23-22(20(33)15-30(19,29)9)28(7)13-12-21(35-17(3)31)27(5,6)26(28)25(24(23)34)36-18(4)32/h10,16,19,21H,1,11-15H2,2-9H3/t16-,19-,21-,28-,29+,30+/m0/s1. The molecule has 0 saturated heterocycles. The van der Waals surface area contributed by atoms with Crippen molar-refractivity contribution in [3.63, 3.8) is 0 Å². The van der Waals surface area contributed by atoms with Gasteiger partial charge < -0.3 is 9.47 Å². The van der Waals surface area contributed by atoms with E-state index in [2.05, 4.69) is 27.4 Å². The molecular formula is C30H40O6. The maximum absolute atomic E-state index is 14.4. The van der Waals surface area contributed by atoms with Gasteiger partial charge in [-0.2, -0.15) is 0 Å². The molecular weight excluding hydrogens is 456 g/mol. The number of fused-ring (bicyclic) bond motifs is 4. The SMILES string of the molecule is C=C[C@H](C)[C@@H]1CC[C@]2(C)C3=C(C(=O)C[C@]12C)[C@]1(C)CC[C@H](OC(C)=O)C(C)(C)C1=C(OC(C)=O)C3=O. The van der Waals surface area contributed by atoms with Crippen LogP contribution in [-0.4, -0.2) is 29.6 Å². The summed E-state index contributed by atoms with van der Waals surface area (Å²) in [5, 5.41) is 0. The number of ketones is 2. The topological polar surface area (TPSA) is 86.7 Å². The second-order valence-corrected chi connectivity index (χ2v) is 12.7. The maximum Gasteiger partial charge on any atom is 0.308 e. The molecule has 2 fully saturated rings. The molecule has 2 saturated carbocycles. The summed E-state index contributed by atoms with van der Waals surface area (Å²) in [6.07, 6.45) is 4.56. The van der Waals surface area contributed by atoms with Crippen LogP contribution in [0.2, 0.25) is 0 Å². The lowest BCUT2D eigenvalue weighted by Gasteiger charge is -2.58. The molecule has 0 bridgehead atoms. The molecule has 196 valence electrons. The highest BCUT2D eigenvalue weighted by molar-refractivity contribution is 6.18. The quantitative estimate of drug-likeness (QED) is 0.369. The molecule has 6 heteroatoms. The van der Waals surface area contributed by atoms with Crippen LogP contribution in [0, 0.1) is 33.5 Å². The molecule has 4 rings (SSSR count). The molecule has 0 unspecified atom stereocenters. The fourth-order valence-corrected chi connectivity index (χ4v) is 8.43. The van der Waals surface area contributed by atoms with Gasteiger partial charge in [0.05, 0.1) is 0 Å². The van der Waals surface area contributed by atoms with Crippen molar-refractivity contribution in [1.29, 1.82) is 0 Å². The Bertz CT molecular complexity index is 1140. The van der Waals surface area contributed by atoms with Crippen molar-refractivity contribution in [2.24, 2.45) is 33.5 Å². The van der Waals surface area contributed by atoms with Crippen molar-refractivity contribution in [2.75, 3.05) is 0 Å². The second kappa shape index (κ2) is 8.26. The van der Waals surface area contributed by atoms with E-state index in [-0.39, 0.29) is 29.2 Å². The second-order valence-electron chi connectivity index (χ2n) is 12.7. The Morgan fingerprint density at radius 2 is 1.64 bits per heavy atom. The predicted molar refractivity (Wildman–Crippen MR) is 135 cm³/mol. The highest BCUT2D eigenvalue weighted by atomic mass is 16.5. The Kier molecular flexibility index (Phi) is 6.09. The van der Waals surface area contributed by atoms with Crippen molar-refractivity contribution in [3.05, 3.63) is 35.1 Å². The zero-order valence-electron chi connectivity index (χ0n) is 23.0. The Morgan fingerprint density at radius 1 is 1.00 bits per heavy atom. The van der Waals surface area contributed by atoms with Crippen LogP contribution in [0.1, 0.15) is 87.5 Å². The van der Waals surface area contributed by atoms with Crippen molar-refractivity contribution in [3.8, 4) is 0 Å². The van der Waals surface area contributed by atoms with E-state index in [0.29, 0.717) is 36.0 Å². The van der Waals surface area contributed by atoms with E-state index in [1.54, 1.807) is 0 Å². The number of carbonyl (C=O) groups is 4. The largest absolute Gasteiger partial charge is 0.462 e. The van der Waals surface area contributed by atoms with E-state index in [9.17, 15) is 19.2 Å². The molecule has 0 N–H and O–H groups in total. The van der Waals surface area contributed by atoms with Crippen LogP contribution in [0.25, 0.3) is 0 Å². The minimum absolute atomic E-state index is 0.00472. The van der Waals surface area contributed by atoms with Crippen LogP contribution >= 0.6 is 0 Å². The number of hydrogen-bond acceptors (Lipinski definition) is 6. The average molecular weight is 497 g/mol. The summed E-state index contributed by atoms with van der Waals surface area (Å²) in [4.78, 5) is 52.7. The number of ether oxygens (including phenoxy) is 2. The van der Waals surface area contributed by atoms with Crippen LogP contribution in [0.15, 0.2) is 35.1 Å². The lowest BCUT2D eigenvalue weighted by atomic mass is 9.45. The highest BCUT2D eigenvalue weighted by Crippen LogP contribution is 2.71. The first-order valence-electron chi connectivity index (χ1n) is 13.1. The summed E-state index contributed by atoms with van der Waals surface area (Å²) >= 11 is 0. The van der Waals surface area contributed by atoms with E-state index in [0.717, 1.165) is 12.8 Å². The molecule has 4 aliphatic carbocycles. The normalized spacial score (nSPS) is 38.1. The van der Waals surface area contributed by atoms with Crippen LogP contribution in [0.5, 0.6) is 0 Å². The van der Waals surface area contributed by atoms with Gasteiger partial charge in [-0.1, -0.05) is 47.6 Å². The summed E-state index contributed by atoms with van der Waals surface area (Å²) in [6.45, 7) is 18.9. The van der Waals surface area contributed by atoms with Gasteiger partial charge in [0.25, 0.3) is 0 Å². The first-order chi connectivity index (χ1) is 16.6. The van der Waals surface area contributed by atoms with Crippen LogP contribution < -0.4 is 0 Å². The molecule has 6 nitrogen and oxygen atoms in total. The minimum Gasteiger partial charge on any atom is -0.462 e. The van der Waals surface area contributed by atoms with E-state index in [1.807, 2.05) is 26.8 Å². The van der Waals surface area contributed by atoms with Gasteiger partial charge in [0, 0.05) is 47.7 Å². The highest BCUT2D eigenvalue weighted by Gasteiger charge is 2.67. The summed E-state index contributed by atoms with van der Waals surface area (Å²) in [7, 11) is 0. The van der Waals surface area contributed by atoms with Crippen molar-refractivity contribution >= 4 is 23.5 Å². The molecule has 0 aromatic heterocycles. The Labute approximate surface area is 214 Å². The van der Waals surface area contributed by atoms with Gasteiger partial charge in [-0.25, -0.2) is 0 Å². The fraction of sp³-hybridized carbons (Fsp3) is 0.667. The monoisotopic (exact) mass is 496 g/mol. The number of esters is 2. The number of rotatable bonds is 4. The Balaban J connectivity index is 1.98. The van der Waals surface area contributed by atoms with Crippen molar-refractivity contribution < 1.29 is 28.7 Å². The van der Waals surface area contributed by atoms with Gasteiger partial charge in [-0.05, 0) is 48.5 Å². The number of carbonyl (C=O) groups excluding carboxylic acids is 4. The molecule has 36 heavy (non-hydrogen) atoms. The Hall–Kier alpha value is -2.50. The van der Waals surface area contributed by atoms with E-state index < -0.39 is 39.7 Å². The third-order valence-electron chi connectivity index (χ3n) is 10.3. The van der Waals surface area contributed by atoms with Crippen molar-refractivity contribution in [1.82, 2.24) is 0 Å². The lowest BCUT2D eigenvalue weighted by Crippen LogP contribution is -2.56. The minimum atomic E-state index is -0.810. The third-order valence-corrected chi connectivity index (χ3v) is 10.3. The Morgan fingerprint density at radius 3 is 2.19 bits per heavy atom. The van der Waals surface area contributed by atoms with Crippen LogP contribution in [-0.2, 0) is 28.7 Å². The van der Waals surface area contributed by atoms with Crippen LogP contribution in [0.3, 0.4) is 0 Å². The summed E-state index contributed by atoms with van der Waals surface area (Å²) in [5.41, 5.74) is -0.838. The van der Waals surface area contributed by atoms with Gasteiger partial charge >= 0.3 is 11.9 Å². The molecule has 4 aliphatic rings. The molecule has 0 aliphatic heterocycles. The van der Waals surface area contributed by atoms with Gasteiger partial charge in [0.2, 0.25) is 5.78 Å². The summed E-state index contributed by atoms with van der Waals surface area (Å²) < 4.78 is 11.4. The van der Waals surface area contributed by atoms with Gasteiger partial charge in [-0.15, -0.1) is 6.58 Å². The van der Waals surface area contributed by atoms with E-state index in [1.165, 1.54) is 13.8 Å². The van der Waals surface area contributed by atoms with E-state index >= 15 is 0 Å². The van der Waals surface area contributed by atoms with Crippen molar-refractivity contribution in [2.45, 2.75) is 93.6 Å². The molecule has 6 atom stereocenters. The molecule has 0 spiro atoms. The maximum atomic E-state index is 14.4. The fourth-order valence-electron chi connectivity index (χ4n) is 8.43. The predicted octanol–water partition coefficient (Wildman–Crippen LogP) is 5.66. The summed E-state index contributed by atoms with van der Waals surface area (Å²) in [6, 6.07) is 0. The van der Waals surface area contributed by atoms with Gasteiger partial charge in [0.1, 0.15) is 6.10 Å². The van der Waals surface area contributed by atoms with Gasteiger partial charge in [0.15, 0.2) is 11.5 Å². The molecule has 0 heterocycles. The molecule has 0 aromatic rings. The number of allylic oxidation sites excluding steroid dienone is 3. The zero-order chi connectivity index (χ0) is 27.0. The molecule has 0 amide bonds. The van der Waals surface area contributed by atoms with Crippen LogP contribution in [0.4, 0.5) is 0 Å². The summed E-state index contributed by atoms with van der Waals surface area (Å²) in [5.74, 6) is -0.899. The first kappa shape index (κ1) is 26.6. The number of Topliss-reactive ketones (excluding diaryl/α,β-unsaturated/α-hetero) is 2. The molecule has 0 radical (unpaired) electrons. The van der Waals surface area contributed by atoms with Gasteiger partial charge in [-0.3, -0.25) is 19.2 Å². The smallest absolute Gasteiger partial charge is 0.308 e. The first-order valence-corrected chi connectivity index (χ1v) is 13.1. The molecule has 0 aromatic carbocycles. The average Bonchev–Trinajstić information content (AvgIpc) is 3.02.